The van der Waals surface area contributed by atoms with E-state index in [1.165, 1.54) is 0 Å². The van der Waals surface area contributed by atoms with Gasteiger partial charge in [-0.3, -0.25) is 4.79 Å². The van der Waals surface area contributed by atoms with Gasteiger partial charge in [0.2, 0.25) is 5.91 Å². The second-order valence-electron chi connectivity index (χ2n) is 7.06. The van der Waals surface area contributed by atoms with E-state index in [-0.39, 0.29) is 24.2 Å². The Hall–Kier alpha value is -1.66. The van der Waals surface area contributed by atoms with Crippen LogP contribution in [0.2, 0.25) is 10.0 Å². The van der Waals surface area contributed by atoms with Gasteiger partial charge < -0.3 is 20.1 Å². The first-order chi connectivity index (χ1) is 14.1. The summed E-state index contributed by atoms with van der Waals surface area (Å²) in [5, 5.41) is 0.944. The van der Waals surface area contributed by atoms with E-state index in [9.17, 15) is 4.79 Å². The fourth-order valence-electron chi connectivity index (χ4n) is 3.40. The van der Waals surface area contributed by atoms with Gasteiger partial charge in [0.15, 0.2) is 5.75 Å². The van der Waals surface area contributed by atoms with Crippen LogP contribution in [0.4, 0.5) is 0 Å². The van der Waals surface area contributed by atoms with E-state index >= 15 is 0 Å². The van der Waals surface area contributed by atoms with Crippen molar-refractivity contribution < 1.29 is 14.3 Å². The van der Waals surface area contributed by atoms with Crippen LogP contribution in [0.15, 0.2) is 42.5 Å². The summed E-state index contributed by atoms with van der Waals surface area (Å²) in [6.07, 6.45) is 2.81. The summed E-state index contributed by atoms with van der Waals surface area (Å²) in [4.78, 5) is 14.5. The summed E-state index contributed by atoms with van der Waals surface area (Å²) in [6, 6.07) is 13.0. The SMILES string of the molecule is Cl.NCC(Cc1ccc(OCCOc2c(Cl)cccc2Cl)cc1)C(=O)N1CCCC1. The maximum Gasteiger partial charge on any atom is 0.227 e. The van der Waals surface area contributed by atoms with Crippen LogP contribution in [0.1, 0.15) is 18.4 Å². The van der Waals surface area contributed by atoms with Gasteiger partial charge in [0, 0.05) is 19.6 Å². The maximum atomic E-state index is 12.6. The molecule has 2 N–H and O–H groups in total. The molecule has 1 aliphatic heterocycles. The number of halogens is 3. The van der Waals surface area contributed by atoms with Crippen LogP contribution in [0, 0.1) is 5.92 Å². The monoisotopic (exact) mass is 472 g/mol. The fourth-order valence-corrected chi connectivity index (χ4v) is 3.90. The van der Waals surface area contributed by atoms with Crippen molar-refractivity contribution >= 4 is 41.5 Å². The molecule has 1 saturated heterocycles. The van der Waals surface area contributed by atoms with Gasteiger partial charge in [-0.15, -0.1) is 12.4 Å². The molecule has 2 aromatic rings. The first-order valence-electron chi connectivity index (χ1n) is 9.86. The third-order valence-corrected chi connectivity index (χ3v) is 5.57. The van der Waals surface area contributed by atoms with Crippen molar-refractivity contribution in [2.24, 2.45) is 11.7 Å². The van der Waals surface area contributed by atoms with Gasteiger partial charge in [-0.2, -0.15) is 0 Å². The van der Waals surface area contributed by atoms with E-state index in [2.05, 4.69) is 0 Å². The van der Waals surface area contributed by atoms with Crippen molar-refractivity contribution in [2.45, 2.75) is 19.3 Å². The summed E-state index contributed by atoms with van der Waals surface area (Å²) in [7, 11) is 0. The molecule has 2 aromatic carbocycles. The lowest BCUT2D eigenvalue weighted by Gasteiger charge is -2.22. The topological polar surface area (TPSA) is 64.8 Å². The molecule has 1 aliphatic rings. The second kappa shape index (κ2) is 12.3. The average Bonchev–Trinajstić information content (AvgIpc) is 3.26. The number of ether oxygens (including phenoxy) is 2. The van der Waals surface area contributed by atoms with Crippen LogP contribution in [0.3, 0.4) is 0 Å². The molecule has 5 nitrogen and oxygen atoms in total. The lowest BCUT2D eigenvalue weighted by Crippen LogP contribution is -2.38. The van der Waals surface area contributed by atoms with E-state index in [1.807, 2.05) is 29.2 Å². The second-order valence-corrected chi connectivity index (χ2v) is 7.88. The number of carbonyl (C=O) groups excluding carboxylic acids is 1. The summed E-state index contributed by atoms with van der Waals surface area (Å²) < 4.78 is 11.3. The Morgan fingerprint density at radius 1 is 1.00 bits per heavy atom. The molecule has 1 atom stereocenters. The summed E-state index contributed by atoms with van der Waals surface area (Å²) >= 11 is 12.1. The Labute approximate surface area is 193 Å². The van der Waals surface area contributed by atoms with E-state index in [1.54, 1.807) is 18.2 Å². The normalized spacial score (nSPS) is 14.2. The molecule has 1 amide bonds. The zero-order chi connectivity index (χ0) is 20.6. The van der Waals surface area contributed by atoms with Gasteiger partial charge >= 0.3 is 0 Å². The quantitative estimate of drug-likeness (QED) is 0.540. The molecule has 0 radical (unpaired) electrons. The molecule has 1 heterocycles. The largest absolute Gasteiger partial charge is 0.490 e. The van der Waals surface area contributed by atoms with E-state index in [0.717, 1.165) is 37.2 Å². The van der Waals surface area contributed by atoms with Crippen LogP contribution in [-0.4, -0.2) is 43.7 Å². The zero-order valence-corrected chi connectivity index (χ0v) is 19.0. The molecule has 1 unspecified atom stereocenters. The number of likely N-dealkylation sites (tertiary alicyclic amines) is 1. The number of hydrogen-bond donors (Lipinski definition) is 1. The molecule has 0 spiro atoms. The third kappa shape index (κ3) is 6.67. The van der Waals surface area contributed by atoms with E-state index in [0.29, 0.717) is 42.0 Å². The van der Waals surface area contributed by atoms with Crippen LogP contribution in [0.25, 0.3) is 0 Å². The Morgan fingerprint density at radius 3 is 2.20 bits per heavy atom. The first-order valence-corrected chi connectivity index (χ1v) is 10.6. The third-order valence-electron chi connectivity index (χ3n) is 4.97. The molecular weight excluding hydrogens is 447 g/mol. The Kier molecular flexibility index (Phi) is 10.1. The first kappa shape index (κ1) is 24.6. The van der Waals surface area contributed by atoms with Crippen LogP contribution in [0.5, 0.6) is 11.5 Å². The molecule has 0 aliphatic carbocycles. The minimum Gasteiger partial charge on any atom is -0.490 e. The predicted molar refractivity (Wildman–Crippen MR) is 123 cm³/mol. The minimum atomic E-state index is -0.173. The molecular formula is C22H27Cl3N2O3. The smallest absolute Gasteiger partial charge is 0.227 e. The Morgan fingerprint density at radius 2 is 1.60 bits per heavy atom. The van der Waals surface area contributed by atoms with Gasteiger partial charge in [0.25, 0.3) is 0 Å². The lowest BCUT2D eigenvalue weighted by molar-refractivity contribution is -0.134. The maximum absolute atomic E-state index is 12.6. The number of para-hydroxylation sites is 1. The highest BCUT2D eigenvalue weighted by Gasteiger charge is 2.25. The number of carbonyl (C=O) groups is 1. The Bertz CT molecular complexity index is 792. The van der Waals surface area contributed by atoms with Gasteiger partial charge in [-0.05, 0) is 49.1 Å². The number of nitrogens with two attached hydrogens (primary N) is 1. The number of rotatable bonds is 9. The van der Waals surface area contributed by atoms with Gasteiger partial charge in [0.05, 0.1) is 16.0 Å². The highest BCUT2D eigenvalue weighted by atomic mass is 35.5. The zero-order valence-electron chi connectivity index (χ0n) is 16.7. The molecule has 0 aromatic heterocycles. The number of nitrogens with zero attached hydrogens (tertiary/aromatic N) is 1. The van der Waals surface area contributed by atoms with E-state index < -0.39 is 0 Å². The molecule has 164 valence electrons. The fraction of sp³-hybridized carbons (Fsp3) is 0.409. The molecule has 3 rings (SSSR count). The highest BCUT2D eigenvalue weighted by Crippen LogP contribution is 2.32. The van der Waals surface area contributed by atoms with Crippen molar-refractivity contribution in [2.75, 3.05) is 32.8 Å². The van der Waals surface area contributed by atoms with Gasteiger partial charge in [-0.1, -0.05) is 41.4 Å². The van der Waals surface area contributed by atoms with Crippen molar-refractivity contribution in [1.82, 2.24) is 4.90 Å². The van der Waals surface area contributed by atoms with Gasteiger partial charge in [0.1, 0.15) is 19.0 Å². The summed E-state index contributed by atoms with van der Waals surface area (Å²) in [5.41, 5.74) is 6.93. The lowest BCUT2D eigenvalue weighted by atomic mass is 9.98. The number of benzene rings is 2. The minimum absolute atomic E-state index is 0. The van der Waals surface area contributed by atoms with Crippen molar-refractivity contribution in [3.8, 4) is 11.5 Å². The van der Waals surface area contributed by atoms with Gasteiger partial charge in [-0.25, -0.2) is 0 Å². The number of amides is 1. The Balaban J connectivity index is 0.00000320. The van der Waals surface area contributed by atoms with Crippen molar-refractivity contribution in [1.29, 1.82) is 0 Å². The molecule has 0 saturated carbocycles. The van der Waals surface area contributed by atoms with Crippen LogP contribution >= 0.6 is 35.6 Å². The molecule has 8 heteroatoms. The summed E-state index contributed by atoms with van der Waals surface area (Å²) in [5.74, 6) is 1.19. The predicted octanol–water partition coefficient (Wildman–Crippen LogP) is 4.61. The highest BCUT2D eigenvalue weighted by molar-refractivity contribution is 6.37. The molecule has 0 bridgehead atoms. The molecule has 30 heavy (non-hydrogen) atoms. The van der Waals surface area contributed by atoms with Crippen LogP contribution < -0.4 is 15.2 Å². The standard InChI is InChI=1S/C22H26Cl2N2O3.ClH/c23-19-4-3-5-20(24)21(19)29-13-12-28-18-8-6-16(7-9-18)14-17(15-25)22(27)26-10-1-2-11-26;/h3-9,17H,1-2,10-15,25H2;1H. The van der Waals surface area contributed by atoms with E-state index in [4.69, 9.17) is 38.4 Å². The molecule has 1 fully saturated rings. The van der Waals surface area contributed by atoms with Crippen molar-refractivity contribution in [3.63, 3.8) is 0 Å². The van der Waals surface area contributed by atoms with Crippen molar-refractivity contribution in [3.05, 3.63) is 58.1 Å². The average molecular weight is 474 g/mol. The number of hydrogen-bond acceptors (Lipinski definition) is 4. The summed E-state index contributed by atoms with van der Waals surface area (Å²) in [6.45, 7) is 2.74. The van der Waals surface area contributed by atoms with Crippen LogP contribution in [-0.2, 0) is 11.2 Å².